The molecule has 8 heteroatoms. The number of ether oxygens (including phenoxy) is 2. The molecule has 24 heavy (non-hydrogen) atoms. The van der Waals surface area contributed by atoms with Gasteiger partial charge in [0.05, 0.1) is 31.3 Å². The van der Waals surface area contributed by atoms with Gasteiger partial charge in [-0.3, -0.25) is 0 Å². The number of aromatic carboxylic acids is 1. The molecule has 1 N–H and O–H groups in total. The molecule has 2 heterocycles. The first kappa shape index (κ1) is 18.4. The quantitative estimate of drug-likeness (QED) is 0.624. The summed E-state index contributed by atoms with van der Waals surface area (Å²) < 4.78 is 11.9. The molecule has 0 fully saturated rings. The maximum Gasteiger partial charge on any atom is 1.00 e. The van der Waals surface area contributed by atoms with Crippen molar-refractivity contribution in [2.45, 2.75) is 6.61 Å². The van der Waals surface area contributed by atoms with E-state index in [9.17, 15) is 9.90 Å². The van der Waals surface area contributed by atoms with Gasteiger partial charge >= 0.3 is 35.5 Å². The van der Waals surface area contributed by atoms with Crippen LogP contribution in [0, 0.1) is 0 Å². The van der Waals surface area contributed by atoms with Crippen LogP contribution in [0.25, 0.3) is 16.9 Å². The largest absolute Gasteiger partial charge is 1.00 e. The maximum atomic E-state index is 11.3. The van der Waals surface area contributed by atoms with Crippen molar-refractivity contribution in [3.63, 3.8) is 0 Å². The van der Waals surface area contributed by atoms with Crippen molar-refractivity contribution in [3.8, 4) is 17.0 Å². The fourth-order valence-corrected chi connectivity index (χ4v) is 2.36. The molecule has 2 aromatic heterocycles. The van der Waals surface area contributed by atoms with Crippen LogP contribution in [0.3, 0.4) is 0 Å². The van der Waals surface area contributed by atoms with Crippen LogP contribution in [0.2, 0.25) is 0 Å². The number of rotatable bonds is 5. The second-order valence-corrected chi connectivity index (χ2v) is 4.90. The summed E-state index contributed by atoms with van der Waals surface area (Å²) in [5.41, 5.74) is 2.49. The van der Waals surface area contributed by atoms with E-state index >= 15 is 0 Å². The van der Waals surface area contributed by atoms with Crippen molar-refractivity contribution in [2.24, 2.45) is 0 Å². The van der Waals surface area contributed by atoms with E-state index in [-0.39, 0.29) is 48.8 Å². The van der Waals surface area contributed by atoms with Crippen LogP contribution in [0.1, 0.15) is 17.5 Å². The van der Waals surface area contributed by atoms with Crippen LogP contribution in [-0.2, 0) is 11.3 Å². The number of nitrogens with zero attached hydrogens (tertiary/aromatic N) is 3. The Labute approximate surface area is 162 Å². The molecule has 0 amide bonds. The molecule has 3 aromatic rings. The molecule has 0 spiro atoms. The summed E-state index contributed by atoms with van der Waals surface area (Å²) in [5.74, 6) is -0.372. The van der Waals surface area contributed by atoms with Crippen molar-refractivity contribution in [1.82, 2.24) is 14.6 Å². The van der Waals surface area contributed by atoms with Gasteiger partial charge in [-0.25, -0.2) is 14.3 Å². The first-order chi connectivity index (χ1) is 11.1. The molecule has 0 unspecified atom stereocenters. The summed E-state index contributed by atoms with van der Waals surface area (Å²) >= 11 is 0. The van der Waals surface area contributed by atoms with Crippen molar-refractivity contribution in [3.05, 3.63) is 47.8 Å². The zero-order valence-electron chi connectivity index (χ0n) is 14.7. The summed E-state index contributed by atoms with van der Waals surface area (Å²) in [4.78, 5) is 15.8. The predicted molar refractivity (Wildman–Crippen MR) is 83.8 cm³/mol. The van der Waals surface area contributed by atoms with E-state index in [2.05, 4.69) is 10.1 Å². The Morgan fingerprint density at radius 1 is 1.33 bits per heavy atom. The predicted octanol–water partition coefficient (Wildman–Crippen LogP) is -0.634. The average molecular weight is 337 g/mol. The van der Waals surface area contributed by atoms with Crippen LogP contribution < -0.4 is 34.3 Å². The Balaban J connectivity index is 0.00000156. The number of carbonyl (C=O) groups is 1. The molecule has 7 nitrogen and oxygen atoms in total. The molecule has 3 rings (SSSR count). The molecule has 0 radical (unpaired) electrons. The normalized spacial score (nSPS) is 10.4. The summed E-state index contributed by atoms with van der Waals surface area (Å²) in [6.07, 6.45) is 1.29. The maximum absolute atomic E-state index is 11.3. The minimum atomic E-state index is -1.07. The Hall–Kier alpha value is -1.93. The number of carboxylic acid groups (broad SMARTS) is 1. The second-order valence-electron chi connectivity index (χ2n) is 4.90. The smallest absolute Gasteiger partial charge is 1.00 e. The van der Waals surface area contributed by atoms with Crippen LogP contribution in [0.15, 0.2) is 36.5 Å². The van der Waals surface area contributed by atoms with Crippen molar-refractivity contribution < 1.29 is 50.4 Å². The third-order valence-electron chi connectivity index (χ3n) is 3.43. The van der Waals surface area contributed by atoms with Gasteiger partial charge in [0, 0.05) is 12.7 Å². The molecule has 0 atom stereocenters. The molecule has 0 aliphatic heterocycles. The van der Waals surface area contributed by atoms with Crippen LogP contribution in [0.4, 0.5) is 0 Å². The molecule has 0 saturated carbocycles. The summed E-state index contributed by atoms with van der Waals surface area (Å²) in [7, 11) is 3.16. The van der Waals surface area contributed by atoms with Crippen LogP contribution in [-0.4, -0.2) is 39.9 Å². The van der Waals surface area contributed by atoms with Gasteiger partial charge in [0.2, 0.25) is 0 Å². The third-order valence-corrected chi connectivity index (χ3v) is 3.43. The van der Waals surface area contributed by atoms with Crippen LogP contribution in [0.5, 0.6) is 5.75 Å². The van der Waals surface area contributed by atoms with E-state index in [0.717, 1.165) is 5.56 Å². The van der Waals surface area contributed by atoms with Gasteiger partial charge in [0.15, 0.2) is 5.65 Å². The first-order valence-corrected chi connectivity index (χ1v) is 6.88. The van der Waals surface area contributed by atoms with Gasteiger partial charge in [-0.15, -0.1) is 0 Å². The van der Waals surface area contributed by atoms with Crippen LogP contribution >= 0.6 is 0 Å². The standard InChI is InChI=1S/C16H15N3O4.Na.H/c1-22-9-11-7-14(10-4-3-5-12(6-10)23-2)18-15-13(16(20)21)8-17-19(11)15;;/h3-8H,9H2,1-2H3,(H,20,21);;/q;+1;-1. The second kappa shape index (κ2) is 7.76. The Morgan fingerprint density at radius 2 is 2.12 bits per heavy atom. The van der Waals surface area contributed by atoms with E-state index in [0.29, 0.717) is 17.1 Å². The van der Waals surface area contributed by atoms with Gasteiger partial charge in [0.1, 0.15) is 11.3 Å². The molecule has 0 aliphatic carbocycles. The van der Waals surface area contributed by atoms with E-state index < -0.39 is 5.97 Å². The fraction of sp³-hybridized carbons (Fsp3) is 0.188. The molecular weight excluding hydrogens is 321 g/mol. The zero-order chi connectivity index (χ0) is 16.4. The number of hydrogen-bond donors (Lipinski definition) is 1. The number of fused-ring (bicyclic) bond motifs is 1. The van der Waals surface area contributed by atoms with Gasteiger partial charge < -0.3 is 16.0 Å². The van der Waals surface area contributed by atoms with Gasteiger partial charge in [-0.1, -0.05) is 12.1 Å². The monoisotopic (exact) mass is 337 g/mol. The number of methoxy groups -OCH3 is 2. The third kappa shape index (κ3) is 3.44. The summed E-state index contributed by atoms with van der Waals surface area (Å²) in [5, 5.41) is 13.4. The first-order valence-electron chi connectivity index (χ1n) is 6.88. The Kier molecular flexibility index (Phi) is 5.95. The summed E-state index contributed by atoms with van der Waals surface area (Å²) in [6.45, 7) is 0.288. The van der Waals surface area contributed by atoms with E-state index in [1.807, 2.05) is 30.3 Å². The van der Waals surface area contributed by atoms with Crippen molar-refractivity contribution in [1.29, 1.82) is 0 Å². The molecule has 0 bridgehead atoms. The van der Waals surface area contributed by atoms with Crippen molar-refractivity contribution in [2.75, 3.05) is 14.2 Å². The molecule has 0 saturated heterocycles. The van der Waals surface area contributed by atoms with E-state index in [1.165, 1.54) is 10.7 Å². The summed E-state index contributed by atoms with van der Waals surface area (Å²) in [6, 6.07) is 9.23. The topological polar surface area (TPSA) is 86.0 Å². The van der Waals surface area contributed by atoms with E-state index in [1.54, 1.807) is 14.2 Å². The van der Waals surface area contributed by atoms with Gasteiger partial charge in [-0.05, 0) is 18.2 Å². The Bertz CT molecular complexity index is 885. The average Bonchev–Trinajstić information content (AvgIpc) is 2.99. The SMILES string of the molecule is COCc1cc(-c2cccc(OC)c2)nc2c(C(=O)O)cnn12.[H-].[Na+]. The number of hydrogen-bond acceptors (Lipinski definition) is 5. The van der Waals surface area contributed by atoms with Gasteiger partial charge in [-0.2, -0.15) is 5.10 Å². The van der Waals surface area contributed by atoms with Crippen molar-refractivity contribution >= 4 is 11.6 Å². The zero-order valence-corrected chi connectivity index (χ0v) is 15.7. The van der Waals surface area contributed by atoms with E-state index in [4.69, 9.17) is 9.47 Å². The minimum Gasteiger partial charge on any atom is -1.00 e. The number of benzene rings is 1. The molecule has 120 valence electrons. The fourth-order valence-electron chi connectivity index (χ4n) is 2.36. The minimum absolute atomic E-state index is 0. The Morgan fingerprint density at radius 3 is 2.79 bits per heavy atom. The molecule has 0 aliphatic rings. The number of aromatic nitrogens is 3. The van der Waals surface area contributed by atoms with Gasteiger partial charge in [0.25, 0.3) is 0 Å². The molecular formula is C16H16N3NaO4. The number of carboxylic acids is 1. The molecule has 1 aromatic carbocycles.